The Kier molecular flexibility index (Phi) is 6.76. The number of hydrogen-bond donors (Lipinski definition) is 1. The highest BCUT2D eigenvalue weighted by Gasteiger charge is 2.10. The summed E-state index contributed by atoms with van der Waals surface area (Å²) in [4.78, 5) is 0. The maximum Gasteiger partial charge on any atom is 0.162 e. The van der Waals surface area contributed by atoms with Crippen LogP contribution >= 0.6 is 11.6 Å². The lowest BCUT2D eigenvalue weighted by molar-refractivity contribution is 0.239. The third kappa shape index (κ3) is 4.79. The van der Waals surface area contributed by atoms with Crippen molar-refractivity contribution in [1.82, 2.24) is 5.32 Å². The molecule has 0 aliphatic heterocycles. The van der Waals surface area contributed by atoms with E-state index < -0.39 is 0 Å². The maximum atomic E-state index is 6.32. The minimum Gasteiger partial charge on any atom is -0.493 e. The smallest absolute Gasteiger partial charge is 0.162 e. The quantitative estimate of drug-likeness (QED) is 0.765. The van der Waals surface area contributed by atoms with Crippen LogP contribution in [0.25, 0.3) is 0 Å². The molecule has 2 rings (SSSR count). The van der Waals surface area contributed by atoms with Gasteiger partial charge in [-0.05, 0) is 31.5 Å². The predicted octanol–water partition coefficient (Wildman–Crippen LogP) is 4.43. The topological polar surface area (TPSA) is 39.7 Å². The first-order valence-corrected chi connectivity index (χ1v) is 8.28. The van der Waals surface area contributed by atoms with E-state index in [1.165, 1.54) is 0 Å². The van der Waals surface area contributed by atoms with Crippen LogP contribution in [0.4, 0.5) is 0 Å². The normalized spacial score (nSPS) is 10.8. The lowest BCUT2D eigenvalue weighted by Crippen LogP contribution is -2.15. The average Bonchev–Trinajstić information content (AvgIpc) is 2.57. The second-order valence-electron chi connectivity index (χ2n) is 5.68. The van der Waals surface area contributed by atoms with Crippen molar-refractivity contribution in [2.75, 3.05) is 14.2 Å². The minimum atomic E-state index is 0.145. The Labute approximate surface area is 148 Å². The monoisotopic (exact) mass is 349 g/mol. The molecule has 1 N–H and O–H groups in total. The Morgan fingerprint density at radius 3 is 2.21 bits per heavy atom. The molecular weight excluding hydrogens is 326 g/mol. The van der Waals surface area contributed by atoms with Crippen LogP contribution in [0.2, 0.25) is 5.02 Å². The van der Waals surface area contributed by atoms with E-state index in [1.54, 1.807) is 20.3 Å². The summed E-state index contributed by atoms with van der Waals surface area (Å²) in [5, 5.41) is 4.05. The summed E-state index contributed by atoms with van der Waals surface area (Å²) >= 11 is 6.32. The fourth-order valence-electron chi connectivity index (χ4n) is 2.38. The number of methoxy groups -OCH3 is 2. The molecule has 0 aromatic heterocycles. The van der Waals surface area contributed by atoms with Crippen LogP contribution in [-0.2, 0) is 13.1 Å². The summed E-state index contributed by atoms with van der Waals surface area (Å²) in [6.07, 6.45) is 0.145. The van der Waals surface area contributed by atoms with E-state index in [-0.39, 0.29) is 6.10 Å². The number of halogens is 1. The van der Waals surface area contributed by atoms with Gasteiger partial charge in [0.1, 0.15) is 5.75 Å². The highest BCUT2D eigenvalue weighted by molar-refractivity contribution is 6.31. The predicted molar refractivity (Wildman–Crippen MR) is 97.3 cm³/mol. The fraction of sp³-hybridized carbons (Fsp3) is 0.368. The first kappa shape index (κ1) is 18.4. The van der Waals surface area contributed by atoms with Gasteiger partial charge in [0.15, 0.2) is 11.5 Å². The molecule has 2 aromatic rings. The zero-order valence-corrected chi connectivity index (χ0v) is 15.3. The van der Waals surface area contributed by atoms with Crippen LogP contribution in [0, 0.1) is 0 Å². The van der Waals surface area contributed by atoms with Crippen LogP contribution in [0.1, 0.15) is 25.0 Å². The number of ether oxygens (including phenoxy) is 3. The van der Waals surface area contributed by atoms with Gasteiger partial charge in [-0.25, -0.2) is 0 Å². The zero-order valence-electron chi connectivity index (χ0n) is 14.6. The number of rotatable bonds is 8. The van der Waals surface area contributed by atoms with E-state index in [0.29, 0.717) is 29.6 Å². The summed E-state index contributed by atoms with van der Waals surface area (Å²) in [5.41, 5.74) is 2.07. The lowest BCUT2D eigenvalue weighted by atomic mass is 10.1. The number of nitrogens with one attached hydrogen (secondary N) is 1. The molecule has 5 heteroatoms. The standard InChI is InChI=1S/C19H24ClNO3/c1-13(2)24-17-8-6-5-7-14(17)11-21-12-15-9-18(22-3)19(23-4)10-16(15)20/h5-10,13,21H,11-12H2,1-4H3. The highest BCUT2D eigenvalue weighted by Crippen LogP contribution is 2.33. The summed E-state index contributed by atoms with van der Waals surface area (Å²) in [7, 11) is 3.21. The van der Waals surface area contributed by atoms with Crippen molar-refractivity contribution in [3.05, 3.63) is 52.5 Å². The zero-order chi connectivity index (χ0) is 17.5. The number of hydrogen-bond acceptors (Lipinski definition) is 4. The van der Waals surface area contributed by atoms with E-state index in [0.717, 1.165) is 16.9 Å². The van der Waals surface area contributed by atoms with Gasteiger partial charge in [-0.15, -0.1) is 0 Å². The molecule has 0 unspecified atom stereocenters. The van der Waals surface area contributed by atoms with Gasteiger partial charge in [-0.3, -0.25) is 0 Å². The van der Waals surface area contributed by atoms with Crippen molar-refractivity contribution in [3.63, 3.8) is 0 Å². The molecule has 0 aliphatic rings. The van der Waals surface area contributed by atoms with Crippen LogP contribution in [0.3, 0.4) is 0 Å². The number of benzene rings is 2. The van der Waals surface area contributed by atoms with Crippen LogP contribution in [0.5, 0.6) is 17.2 Å². The number of para-hydroxylation sites is 1. The van der Waals surface area contributed by atoms with Crippen molar-refractivity contribution in [2.45, 2.75) is 33.0 Å². The molecule has 0 saturated carbocycles. The van der Waals surface area contributed by atoms with E-state index in [2.05, 4.69) is 11.4 Å². The molecule has 0 amide bonds. The Bertz CT molecular complexity index is 674. The molecule has 0 saturated heterocycles. The van der Waals surface area contributed by atoms with Crippen molar-refractivity contribution in [2.24, 2.45) is 0 Å². The summed E-state index contributed by atoms with van der Waals surface area (Å²) in [6, 6.07) is 11.7. The lowest BCUT2D eigenvalue weighted by Gasteiger charge is -2.15. The summed E-state index contributed by atoms with van der Waals surface area (Å²) in [6.45, 7) is 5.35. The Balaban J connectivity index is 2.05. The molecule has 4 nitrogen and oxygen atoms in total. The van der Waals surface area contributed by atoms with Crippen LogP contribution in [0.15, 0.2) is 36.4 Å². The molecule has 0 bridgehead atoms. The van der Waals surface area contributed by atoms with Gasteiger partial charge < -0.3 is 19.5 Å². The third-order valence-corrected chi connectivity index (χ3v) is 3.87. The van der Waals surface area contributed by atoms with E-state index in [1.807, 2.05) is 38.1 Å². The minimum absolute atomic E-state index is 0.145. The summed E-state index contributed by atoms with van der Waals surface area (Å²) < 4.78 is 16.4. The Morgan fingerprint density at radius 1 is 0.917 bits per heavy atom. The van der Waals surface area contributed by atoms with E-state index >= 15 is 0 Å². The van der Waals surface area contributed by atoms with Gasteiger partial charge in [0.25, 0.3) is 0 Å². The Morgan fingerprint density at radius 2 is 1.54 bits per heavy atom. The van der Waals surface area contributed by atoms with Gasteiger partial charge in [0, 0.05) is 29.7 Å². The average molecular weight is 350 g/mol. The molecule has 24 heavy (non-hydrogen) atoms. The van der Waals surface area contributed by atoms with E-state index in [9.17, 15) is 0 Å². The van der Waals surface area contributed by atoms with Gasteiger partial charge >= 0.3 is 0 Å². The molecule has 0 radical (unpaired) electrons. The molecule has 0 atom stereocenters. The van der Waals surface area contributed by atoms with Gasteiger partial charge in [-0.2, -0.15) is 0 Å². The first-order chi connectivity index (χ1) is 11.5. The molecular formula is C19H24ClNO3. The van der Waals surface area contributed by atoms with Crippen LogP contribution < -0.4 is 19.5 Å². The van der Waals surface area contributed by atoms with Crippen LogP contribution in [-0.4, -0.2) is 20.3 Å². The first-order valence-electron chi connectivity index (χ1n) is 7.90. The van der Waals surface area contributed by atoms with Crippen molar-refractivity contribution >= 4 is 11.6 Å². The second-order valence-corrected chi connectivity index (χ2v) is 6.08. The van der Waals surface area contributed by atoms with Gasteiger partial charge in [0.2, 0.25) is 0 Å². The second kappa shape index (κ2) is 8.81. The Hall–Kier alpha value is -1.91. The molecule has 0 spiro atoms. The largest absolute Gasteiger partial charge is 0.493 e. The summed E-state index contributed by atoms with van der Waals surface area (Å²) in [5.74, 6) is 2.20. The molecule has 130 valence electrons. The SMILES string of the molecule is COc1cc(Cl)c(CNCc2ccccc2OC(C)C)cc1OC. The van der Waals surface area contributed by atoms with Crippen molar-refractivity contribution in [1.29, 1.82) is 0 Å². The van der Waals surface area contributed by atoms with Gasteiger partial charge in [0.05, 0.1) is 20.3 Å². The molecule has 0 heterocycles. The fourth-order valence-corrected chi connectivity index (χ4v) is 2.60. The molecule has 0 aliphatic carbocycles. The van der Waals surface area contributed by atoms with Gasteiger partial charge in [-0.1, -0.05) is 29.8 Å². The molecule has 2 aromatic carbocycles. The highest BCUT2D eigenvalue weighted by atomic mass is 35.5. The maximum absolute atomic E-state index is 6.32. The third-order valence-electron chi connectivity index (χ3n) is 3.52. The van der Waals surface area contributed by atoms with Crippen molar-refractivity contribution < 1.29 is 14.2 Å². The van der Waals surface area contributed by atoms with Crippen molar-refractivity contribution in [3.8, 4) is 17.2 Å². The molecule has 0 fully saturated rings. The van der Waals surface area contributed by atoms with E-state index in [4.69, 9.17) is 25.8 Å².